The van der Waals surface area contributed by atoms with Gasteiger partial charge in [0, 0.05) is 12.7 Å². The summed E-state index contributed by atoms with van der Waals surface area (Å²) in [5.41, 5.74) is 1.13. The number of benzene rings is 1. The number of aromatic nitrogens is 1. The lowest BCUT2D eigenvalue weighted by atomic mass is 10.2. The number of anilines is 1. The van der Waals surface area contributed by atoms with Crippen molar-refractivity contribution < 1.29 is 8.78 Å². The molecular formula is C13H9F2N3. The molecule has 0 spiro atoms. The minimum atomic E-state index is -0.515. The van der Waals surface area contributed by atoms with Crippen LogP contribution in [0.5, 0.6) is 0 Å². The fourth-order valence-electron chi connectivity index (χ4n) is 1.48. The number of rotatable bonds is 3. The van der Waals surface area contributed by atoms with Gasteiger partial charge < -0.3 is 5.32 Å². The van der Waals surface area contributed by atoms with E-state index in [2.05, 4.69) is 10.3 Å². The summed E-state index contributed by atoms with van der Waals surface area (Å²) in [7, 11) is 0. The van der Waals surface area contributed by atoms with Crippen LogP contribution in [0, 0.1) is 23.0 Å². The van der Waals surface area contributed by atoms with E-state index in [0.29, 0.717) is 5.56 Å². The molecule has 1 aromatic carbocycles. The Morgan fingerprint density at radius 1 is 1.22 bits per heavy atom. The first-order chi connectivity index (χ1) is 8.69. The van der Waals surface area contributed by atoms with Gasteiger partial charge in [0.05, 0.1) is 23.5 Å². The molecule has 0 atom stereocenters. The Bertz CT molecular complexity index is 605. The van der Waals surface area contributed by atoms with E-state index in [1.54, 1.807) is 0 Å². The number of nitrogens with one attached hydrogen (secondary N) is 1. The molecule has 90 valence electrons. The second-order valence-electron chi connectivity index (χ2n) is 3.67. The van der Waals surface area contributed by atoms with E-state index in [1.165, 1.54) is 24.4 Å². The molecule has 0 saturated heterocycles. The third-order valence-corrected chi connectivity index (χ3v) is 2.34. The van der Waals surface area contributed by atoms with Crippen molar-refractivity contribution in [3.8, 4) is 6.07 Å². The first kappa shape index (κ1) is 12.0. The van der Waals surface area contributed by atoms with E-state index < -0.39 is 11.6 Å². The molecule has 2 rings (SSSR count). The summed E-state index contributed by atoms with van der Waals surface area (Å²) in [6, 6.07) is 7.30. The van der Waals surface area contributed by atoms with Gasteiger partial charge in [-0.25, -0.2) is 8.78 Å². The molecule has 2 aromatic rings. The lowest BCUT2D eigenvalue weighted by Crippen LogP contribution is -2.02. The molecule has 0 radical (unpaired) electrons. The van der Waals surface area contributed by atoms with Crippen molar-refractivity contribution in [3.05, 3.63) is 59.4 Å². The predicted molar refractivity (Wildman–Crippen MR) is 62.6 cm³/mol. The maximum absolute atomic E-state index is 13.5. The topological polar surface area (TPSA) is 48.7 Å². The van der Waals surface area contributed by atoms with Crippen LogP contribution in [-0.2, 0) is 6.54 Å². The van der Waals surface area contributed by atoms with Gasteiger partial charge in [-0.15, -0.1) is 0 Å². The minimum Gasteiger partial charge on any atom is -0.379 e. The van der Waals surface area contributed by atoms with E-state index in [-0.39, 0.29) is 17.8 Å². The third-order valence-electron chi connectivity index (χ3n) is 2.34. The fourth-order valence-corrected chi connectivity index (χ4v) is 1.48. The van der Waals surface area contributed by atoms with Crippen LogP contribution in [0.25, 0.3) is 0 Å². The second-order valence-corrected chi connectivity index (χ2v) is 3.67. The van der Waals surface area contributed by atoms with Gasteiger partial charge in [-0.3, -0.25) is 4.98 Å². The first-order valence-electron chi connectivity index (χ1n) is 5.22. The molecule has 0 saturated carbocycles. The number of hydrogen-bond donors (Lipinski definition) is 1. The summed E-state index contributed by atoms with van der Waals surface area (Å²) in [6.45, 7) is 0.258. The number of nitriles is 1. The monoisotopic (exact) mass is 245 g/mol. The number of nitrogens with zero attached hydrogens (tertiary/aromatic N) is 2. The van der Waals surface area contributed by atoms with Gasteiger partial charge in [-0.1, -0.05) is 0 Å². The summed E-state index contributed by atoms with van der Waals surface area (Å²) < 4.78 is 26.4. The highest BCUT2D eigenvalue weighted by Gasteiger charge is 2.03. The van der Waals surface area contributed by atoms with Gasteiger partial charge in [0.15, 0.2) is 0 Å². The van der Waals surface area contributed by atoms with Crippen molar-refractivity contribution in [2.75, 3.05) is 5.32 Å². The molecule has 0 fully saturated rings. The Morgan fingerprint density at radius 3 is 2.72 bits per heavy atom. The zero-order valence-corrected chi connectivity index (χ0v) is 9.32. The molecule has 0 bridgehead atoms. The van der Waals surface area contributed by atoms with Gasteiger partial charge in [0.25, 0.3) is 0 Å². The highest BCUT2D eigenvalue weighted by Crippen LogP contribution is 2.16. The van der Waals surface area contributed by atoms with Crippen LogP contribution in [0.3, 0.4) is 0 Å². The number of halogens is 2. The van der Waals surface area contributed by atoms with Crippen LogP contribution in [0.1, 0.15) is 11.1 Å². The molecule has 1 aromatic heterocycles. The van der Waals surface area contributed by atoms with Crippen molar-refractivity contribution >= 4 is 5.69 Å². The van der Waals surface area contributed by atoms with Crippen LogP contribution in [0.15, 0.2) is 36.7 Å². The molecular weight excluding hydrogens is 236 g/mol. The van der Waals surface area contributed by atoms with Gasteiger partial charge in [-0.05, 0) is 29.8 Å². The minimum absolute atomic E-state index is 0.255. The Morgan fingerprint density at radius 2 is 2.06 bits per heavy atom. The van der Waals surface area contributed by atoms with Crippen molar-refractivity contribution in [1.29, 1.82) is 5.26 Å². The summed E-state index contributed by atoms with van der Waals surface area (Å²) in [6.07, 6.45) is 2.60. The fraction of sp³-hybridized carbons (Fsp3) is 0.0769. The van der Waals surface area contributed by atoms with Gasteiger partial charge >= 0.3 is 0 Å². The SMILES string of the molecule is N#Cc1ccc(NCc2cncc(F)c2)c(F)c1. The summed E-state index contributed by atoms with van der Waals surface area (Å²) in [4.78, 5) is 3.69. The van der Waals surface area contributed by atoms with Gasteiger partial charge in [0.1, 0.15) is 11.6 Å². The molecule has 18 heavy (non-hydrogen) atoms. The van der Waals surface area contributed by atoms with Crippen LogP contribution >= 0.6 is 0 Å². The molecule has 0 aliphatic carbocycles. The number of hydrogen-bond acceptors (Lipinski definition) is 3. The zero-order valence-electron chi connectivity index (χ0n) is 9.32. The Labute approximate surface area is 103 Å². The molecule has 1 N–H and O–H groups in total. The maximum Gasteiger partial charge on any atom is 0.147 e. The highest BCUT2D eigenvalue weighted by molar-refractivity contribution is 5.49. The van der Waals surface area contributed by atoms with E-state index in [0.717, 1.165) is 12.3 Å². The smallest absolute Gasteiger partial charge is 0.147 e. The molecule has 3 nitrogen and oxygen atoms in total. The maximum atomic E-state index is 13.5. The third kappa shape index (κ3) is 2.80. The summed E-state index contributed by atoms with van der Waals surface area (Å²) in [5, 5.41) is 11.4. The van der Waals surface area contributed by atoms with E-state index in [1.807, 2.05) is 6.07 Å². The lowest BCUT2D eigenvalue weighted by molar-refractivity contribution is 0.618. The van der Waals surface area contributed by atoms with Crippen LogP contribution in [-0.4, -0.2) is 4.98 Å². The average molecular weight is 245 g/mol. The quantitative estimate of drug-likeness (QED) is 0.904. The van der Waals surface area contributed by atoms with Gasteiger partial charge in [-0.2, -0.15) is 5.26 Å². The van der Waals surface area contributed by atoms with Gasteiger partial charge in [0.2, 0.25) is 0 Å². The average Bonchev–Trinajstić information content (AvgIpc) is 2.37. The first-order valence-corrected chi connectivity index (χ1v) is 5.22. The largest absolute Gasteiger partial charge is 0.379 e. The van der Waals surface area contributed by atoms with Crippen LogP contribution in [0.4, 0.5) is 14.5 Å². The summed E-state index contributed by atoms with van der Waals surface area (Å²) in [5.74, 6) is -0.951. The van der Waals surface area contributed by atoms with E-state index in [4.69, 9.17) is 5.26 Å². The predicted octanol–water partition coefficient (Wildman–Crippen LogP) is 2.84. The standard InChI is InChI=1S/C13H9F2N3/c14-11-3-10(6-17-8-11)7-18-13-2-1-9(5-16)4-12(13)15/h1-4,6,8,18H,7H2. The lowest BCUT2D eigenvalue weighted by Gasteiger charge is -2.07. The second kappa shape index (κ2) is 5.23. The highest BCUT2D eigenvalue weighted by atomic mass is 19.1. The van der Waals surface area contributed by atoms with Crippen LogP contribution in [0.2, 0.25) is 0 Å². The van der Waals surface area contributed by atoms with Crippen molar-refractivity contribution in [2.45, 2.75) is 6.54 Å². The molecule has 0 amide bonds. The Kier molecular flexibility index (Phi) is 3.49. The van der Waals surface area contributed by atoms with E-state index >= 15 is 0 Å². The summed E-state index contributed by atoms with van der Waals surface area (Å²) >= 11 is 0. The van der Waals surface area contributed by atoms with E-state index in [9.17, 15) is 8.78 Å². The molecule has 0 aliphatic heterocycles. The molecule has 0 aliphatic rings. The normalized spacial score (nSPS) is 9.83. The van der Waals surface area contributed by atoms with Crippen molar-refractivity contribution in [2.24, 2.45) is 0 Å². The zero-order chi connectivity index (χ0) is 13.0. The molecule has 0 unspecified atom stereocenters. The Hall–Kier alpha value is -2.48. The van der Waals surface area contributed by atoms with Crippen molar-refractivity contribution in [3.63, 3.8) is 0 Å². The molecule has 5 heteroatoms. The Balaban J connectivity index is 2.09. The number of pyridine rings is 1. The van der Waals surface area contributed by atoms with Crippen molar-refractivity contribution in [1.82, 2.24) is 4.98 Å². The van der Waals surface area contributed by atoms with Crippen LogP contribution < -0.4 is 5.32 Å². The molecule has 1 heterocycles.